The monoisotopic (exact) mass is 129 g/mol. The second-order valence-electron chi connectivity index (χ2n) is 2.16. The Kier molecular flexibility index (Phi) is 1.25. The highest BCUT2D eigenvalue weighted by atomic mass is 16.6. The lowest BCUT2D eigenvalue weighted by Crippen LogP contribution is -2.34. The van der Waals surface area contributed by atoms with Crippen molar-refractivity contribution in [2.45, 2.75) is 18.4 Å². The zero-order valence-corrected chi connectivity index (χ0v) is 4.79. The average Bonchev–Trinajstić information content (AvgIpc) is 2.50. The zero-order chi connectivity index (χ0) is 6.91. The Hall–Kier alpha value is -0.900. The van der Waals surface area contributed by atoms with Gasteiger partial charge in [-0.3, -0.25) is 4.79 Å². The highest BCUT2D eigenvalue weighted by molar-refractivity contribution is 5.87. The first kappa shape index (κ1) is 6.22. The summed E-state index contributed by atoms with van der Waals surface area (Å²) in [6.45, 7) is 0.106. The van der Waals surface area contributed by atoms with E-state index in [1.165, 1.54) is 0 Å². The molecule has 4 heteroatoms. The lowest BCUT2D eigenvalue weighted by atomic mass is 10.3. The Morgan fingerprint density at radius 1 is 1.67 bits per heavy atom. The van der Waals surface area contributed by atoms with Crippen molar-refractivity contribution in [2.75, 3.05) is 0 Å². The molecule has 1 rings (SSSR count). The second-order valence-corrected chi connectivity index (χ2v) is 2.16. The van der Waals surface area contributed by atoms with E-state index in [1.54, 1.807) is 0 Å². The smallest absolute Gasteiger partial charge is 0.333 e. The molecule has 0 aromatic carbocycles. The number of hydrogen-bond donors (Lipinski definition) is 1. The van der Waals surface area contributed by atoms with Crippen LogP contribution in [-0.2, 0) is 14.3 Å². The van der Waals surface area contributed by atoms with E-state index in [0.717, 1.165) is 0 Å². The number of hydrogen-bond acceptors (Lipinski definition) is 4. The fraction of sp³-hybridized carbons (Fsp3) is 0.600. The predicted molar refractivity (Wildman–Crippen MR) is 28.3 cm³/mol. The summed E-state index contributed by atoms with van der Waals surface area (Å²) in [6, 6.07) is 0. The zero-order valence-electron chi connectivity index (χ0n) is 4.79. The van der Waals surface area contributed by atoms with Crippen LogP contribution in [0.2, 0.25) is 0 Å². The van der Waals surface area contributed by atoms with Crippen molar-refractivity contribution in [1.82, 2.24) is 0 Å². The molecule has 0 radical (unpaired) electrons. The van der Waals surface area contributed by atoms with Crippen molar-refractivity contribution in [3.05, 3.63) is 0 Å². The second kappa shape index (κ2) is 1.80. The van der Waals surface area contributed by atoms with E-state index in [1.807, 2.05) is 0 Å². The van der Waals surface area contributed by atoms with Crippen LogP contribution in [0.4, 0.5) is 0 Å². The van der Waals surface area contributed by atoms with E-state index in [2.05, 4.69) is 4.74 Å². The number of carbonyl (C=O) groups excluding carboxylic acids is 2. The number of nitrogens with two attached hydrogens (primary N) is 1. The van der Waals surface area contributed by atoms with E-state index >= 15 is 0 Å². The topological polar surface area (TPSA) is 69.4 Å². The van der Waals surface area contributed by atoms with E-state index in [4.69, 9.17) is 5.73 Å². The summed E-state index contributed by atoms with van der Waals surface area (Å²) < 4.78 is 4.02. The molecule has 0 aromatic heterocycles. The van der Waals surface area contributed by atoms with Crippen LogP contribution in [0.15, 0.2) is 0 Å². The molecule has 9 heavy (non-hydrogen) atoms. The molecule has 0 saturated heterocycles. The van der Waals surface area contributed by atoms with Gasteiger partial charge in [0, 0.05) is 0 Å². The van der Waals surface area contributed by atoms with Crippen LogP contribution in [0, 0.1) is 0 Å². The largest absolute Gasteiger partial charge is 0.394 e. The molecule has 0 spiro atoms. The standard InChI is InChI=1S/C5H7NO3/c6-5(1-2-5)4(8)9-3-7/h3H,1-2,6H2. The van der Waals surface area contributed by atoms with Crippen LogP contribution >= 0.6 is 0 Å². The number of rotatable bonds is 2. The Morgan fingerprint density at radius 2 is 2.22 bits per heavy atom. The summed E-state index contributed by atoms with van der Waals surface area (Å²) in [6.07, 6.45) is 1.25. The lowest BCUT2D eigenvalue weighted by molar-refractivity contribution is -0.153. The lowest BCUT2D eigenvalue weighted by Gasteiger charge is -2.01. The van der Waals surface area contributed by atoms with Crippen molar-refractivity contribution in [3.63, 3.8) is 0 Å². The molecule has 0 bridgehead atoms. The molecule has 0 aromatic rings. The van der Waals surface area contributed by atoms with Gasteiger partial charge in [0.15, 0.2) is 0 Å². The van der Waals surface area contributed by atoms with Gasteiger partial charge in [0.1, 0.15) is 5.54 Å². The van der Waals surface area contributed by atoms with Crippen molar-refractivity contribution in [3.8, 4) is 0 Å². The molecule has 50 valence electrons. The maximum atomic E-state index is 10.5. The van der Waals surface area contributed by atoms with Crippen molar-refractivity contribution in [2.24, 2.45) is 5.73 Å². The molecule has 1 aliphatic carbocycles. The minimum Gasteiger partial charge on any atom is -0.394 e. The first-order valence-electron chi connectivity index (χ1n) is 2.63. The quantitative estimate of drug-likeness (QED) is 0.300. The molecule has 0 heterocycles. The summed E-state index contributed by atoms with van der Waals surface area (Å²) in [5.41, 5.74) is 4.51. The van der Waals surface area contributed by atoms with Gasteiger partial charge in [-0.2, -0.15) is 0 Å². The first-order chi connectivity index (χ1) is 4.19. The van der Waals surface area contributed by atoms with Crippen LogP contribution in [0.1, 0.15) is 12.8 Å². The van der Waals surface area contributed by atoms with Crippen LogP contribution < -0.4 is 5.73 Å². The summed E-state index contributed by atoms with van der Waals surface area (Å²) in [5, 5.41) is 0. The minimum absolute atomic E-state index is 0.106. The Labute approximate surface area is 52.0 Å². The first-order valence-corrected chi connectivity index (χ1v) is 2.63. The number of ether oxygens (including phenoxy) is 1. The molecule has 4 nitrogen and oxygen atoms in total. The van der Waals surface area contributed by atoms with Gasteiger partial charge in [-0.1, -0.05) is 0 Å². The molecule has 1 aliphatic rings. The normalized spacial score (nSPS) is 20.6. The molecular formula is C5H7NO3. The molecule has 0 aliphatic heterocycles. The maximum Gasteiger partial charge on any atom is 0.333 e. The molecule has 1 fully saturated rings. The van der Waals surface area contributed by atoms with E-state index in [0.29, 0.717) is 12.8 Å². The Bertz CT molecular complexity index is 150. The van der Waals surface area contributed by atoms with Gasteiger partial charge in [0.2, 0.25) is 0 Å². The Balaban J connectivity index is 2.42. The molecule has 0 amide bonds. The molecule has 0 atom stereocenters. The summed E-state index contributed by atoms with van der Waals surface area (Å²) >= 11 is 0. The fourth-order valence-electron chi connectivity index (χ4n) is 0.500. The van der Waals surface area contributed by atoms with Crippen LogP contribution in [0.5, 0.6) is 0 Å². The van der Waals surface area contributed by atoms with Gasteiger partial charge in [0.05, 0.1) is 0 Å². The van der Waals surface area contributed by atoms with Crippen molar-refractivity contribution in [1.29, 1.82) is 0 Å². The van der Waals surface area contributed by atoms with Gasteiger partial charge in [-0.15, -0.1) is 0 Å². The third-order valence-electron chi connectivity index (χ3n) is 1.35. The minimum atomic E-state index is -0.832. The van der Waals surface area contributed by atoms with Crippen LogP contribution in [-0.4, -0.2) is 18.0 Å². The Morgan fingerprint density at radius 3 is 2.56 bits per heavy atom. The highest BCUT2D eigenvalue weighted by Gasteiger charge is 2.47. The van der Waals surface area contributed by atoms with E-state index < -0.39 is 11.5 Å². The van der Waals surface area contributed by atoms with Crippen LogP contribution in [0.25, 0.3) is 0 Å². The molecular weight excluding hydrogens is 122 g/mol. The summed E-state index contributed by atoms with van der Waals surface area (Å²) in [7, 11) is 0. The van der Waals surface area contributed by atoms with E-state index in [-0.39, 0.29) is 6.47 Å². The number of carbonyl (C=O) groups is 2. The van der Waals surface area contributed by atoms with E-state index in [9.17, 15) is 9.59 Å². The van der Waals surface area contributed by atoms with Gasteiger partial charge in [0.25, 0.3) is 0 Å². The number of esters is 1. The SMILES string of the molecule is NC1(C(=O)OC=O)CC1. The summed E-state index contributed by atoms with van der Waals surface area (Å²) in [4.78, 5) is 20.1. The molecule has 0 unspecified atom stereocenters. The molecule has 1 saturated carbocycles. The molecule has 2 N–H and O–H groups in total. The average molecular weight is 129 g/mol. The summed E-state index contributed by atoms with van der Waals surface area (Å²) in [5.74, 6) is -0.613. The third-order valence-corrected chi connectivity index (χ3v) is 1.35. The van der Waals surface area contributed by atoms with Crippen LogP contribution in [0.3, 0.4) is 0 Å². The van der Waals surface area contributed by atoms with Crippen molar-refractivity contribution >= 4 is 12.4 Å². The van der Waals surface area contributed by atoms with Gasteiger partial charge >= 0.3 is 12.4 Å². The van der Waals surface area contributed by atoms with Gasteiger partial charge < -0.3 is 10.5 Å². The third kappa shape index (κ3) is 1.08. The van der Waals surface area contributed by atoms with Gasteiger partial charge in [-0.05, 0) is 12.8 Å². The maximum absolute atomic E-state index is 10.5. The fourth-order valence-corrected chi connectivity index (χ4v) is 0.500. The highest BCUT2D eigenvalue weighted by Crippen LogP contribution is 2.32. The predicted octanol–water partition coefficient (Wildman–Crippen LogP) is -0.823. The van der Waals surface area contributed by atoms with Gasteiger partial charge in [-0.25, -0.2) is 4.79 Å². The van der Waals surface area contributed by atoms with Crippen molar-refractivity contribution < 1.29 is 14.3 Å².